The first-order valence-electron chi connectivity index (χ1n) is 9.97. The van der Waals surface area contributed by atoms with Crippen LogP contribution in [0.2, 0.25) is 5.02 Å². The lowest BCUT2D eigenvalue weighted by molar-refractivity contribution is -0.158. The molecule has 0 aliphatic heterocycles. The van der Waals surface area contributed by atoms with Crippen LogP contribution in [0.3, 0.4) is 0 Å². The summed E-state index contributed by atoms with van der Waals surface area (Å²) in [7, 11) is 0. The zero-order valence-electron chi connectivity index (χ0n) is 17.6. The van der Waals surface area contributed by atoms with Gasteiger partial charge < -0.3 is 14.8 Å². The fourth-order valence-corrected chi connectivity index (χ4v) is 2.80. The fourth-order valence-electron chi connectivity index (χ4n) is 2.67. The van der Waals surface area contributed by atoms with E-state index in [1.165, 1.54) is 6.08 Å². The number of hydrogen-bond acceptors (Lipinski definition) is 4. The van der Waals surface area contributed by atoms with Crippen LogP contribution in [0.15, 0.2) is 54.6 Å². The van der Waals surface area contributed by atoms with Crippen LogP contribution in [0.4, 0.5) is 0 Å². The second kappa shape index (κ2) is 11.4. The van der Waals surface area contributed by atoms with E-state index in [-0.39, 0.29) is 5.91 Å². The van der Waals surface area contributed by atoms with E-state index >= 15 is 0 Å². The Morgan fingerprint density at radius 2 is 1.73 bits per heavy atom. The molecule has 2 aromatic rings. The molecule has 0 atom stereocenters. The summed E-state index contributed by atoms with van der Waals surface area (Å²) >= 11 is 5.84. The van der Waals surface area contributed by atoms with Crippen molar-refractivity contribution in [3.8, 4) is 5.75 Å². The van der Waals surface area contributed by atoms with Gasteiger partial charge in [-0.3, -0.25) is 4.79 Å². The van der Waals surface area contributed by atoms with Crippen LogP contribution in [0.1, 0.15) is 38.3 Å². The lowest BCUT2D eigenvalue weighted by Gasteiger charge is -2.24. The number of hydrogen-bond donors (Lipinski definition) is 1. The van der Waals surface area contributed by atoms with Gasteiger partial charge in [0, 0.05) is 17.6 Å². The molecular weight excluding hydrogens is 402 g/mol. The summed E-state index contributed by atoms with van der Waals surface area (Å²) in [6, 6.07) is 14.9. The molecule has 0 saturated heterocycles. The van der Waals surface area contributed by atoms with Crippen LogP contribution in [0.5, 0.6) is 5.75 Å². The summed E-state index contributed by atoms with van der Waals surface area (Å²) in [4.78, 5) is 23.8. The molecule has 160 valence electrons. The molecule has 0 aromatic heterocycles. The van der Waals surface area contributed by atoms with Crippen molar-refractivity contribution in [1.29, 1.82) is 0 Å². The van der Waals surface area contributed by atoms with Gasteiger partial charge in [-0.2, -0.15) is 0 Å². The number of rotatable bonds is 10. The molecule has 0 saturated carbocycles. The van der Waals surface area contributed by atoms with Gasteiger partial charge in [-0.15, -0.1) is 0 Å². The Balaban J connectivity index is 1.73. The average Bonchev–Trinajstić information content (AvgIpc) is 2.72. The summed E-state index contributed by atoms with van der Waals surface area (Å²) in [5.41, 5.74) is 1.01. The third-order valence-corrected chi connectivity index (χ3v) is 4.55. The van der Waals surface area contributed by atoms with Gasteiger partial charge in [0.2, 0.25) is 5.91 Å². The number of aryl methyl sites for hydroxylation is 1. The summed E-state index contributed by atoms with van der Waals surface area (Å²) in [6.45, 7) is 6.03. The van der Waals surface area contributed by atoms with Gasteiger partial charge in [0.05, 0.1) is 6.61 Å². The molecule has 1 amide bonds. The highest BCUT2D eigenvalue weighted by molar-refractivity contribution is 6.30. The molecule has 5 nitrogen and oxygen atoms in total. The number of esters is 1. The molecule has 0 aliphatic rings. The molecular formula is C24H28ClNO4. The fraction of sp³-hybridized carbons (Fsp3) is 0.333. The molecule has 1 N–H and O–H groups in total. The first-order chi connectivity index (χ1) is 14.3. The standard InChI is InChI=1S/C24H28ClNO4/c1-4-29-23(28)24(2,3)30-21-14-9-18(10-15-21)6-5-17-26-22(27)16-11-19-7-12-20(25)13-8-19/h7-16H,4-6,17H2,1-3H3,(H,26,27)/b16-11+. The van der Waals surface area contributed by atoms with Gasteiger partial charge in [-0.05, 0) is 75.1 Å². The monoisotopic (exact) mass is 429 g/mol. The number of nitrogens with one attached hydrogen (secondary N) is 1. The van der Waals surface area contributed by atoms with Gasteiger partial charge in [0.1, 0.15) is 5.75 Å². The van der Waals surface area contributed by atoms with Crippen LogP contribution in [-0.2, 0) is 20.7 Å². The number of halogens is 1. The molecule has 30 heavy (non-hydrogen) atoms. The lowest BCUT2D eigenvalue weighted by Crippen LogP contribution is -2.39. The Hall–Kier alpha value is -2.79. The molecule has 6 heteroatoms. The molecule has 0 aliphatic carbocycles. The van der Waals surface area contributed by atoms with Crippen molar-refractivity contribution in [3.05, 3.63) is 70.8 Å². The summed E-state index contributed by atoms with van der Waals surface area (Å²) in [5, 5.41) is 3.54. The molecule has 2 rings (SSSR count). The van der Waals surface area contributed by atoms with E-state index in [1.807, 2.05) is 36.4 Å². The SMILES string of the molecule is CCOC(=O)C(C)(C)Oc1ccc(CCCNC(=O)/C=C/c2ccc(Cl)cc2)cc1. The van der Waals surface area contributed by atoms with E-state index in [0.29, 0.717) is 23.9 Å². The largest absolute Gasteiger partial charge is 0.476 e. The van der Waals surface area contributed by atoms with E-state index in [9.17, 15) is 9.59 Å². The van der Waals surface area contributed by atoms with E-state index in [1.54, 1.807) is 39.0 Å². The minimum absolute atomic E-state index is 0.130. The Morgan fingerprint density at radius 3 is 2.37 bits per heavy atom. The van der Waals surface area contributed by atoms with Gasteiger partial charge >= 0.3 is 5.97 Å². The van der Waals surface area contributed by atoms with Gasteiger partial charge in [-0.1, -0.05) is 35.9 Å². The first-order valence-corrected chi connectivity index (χ1v) is 10.3. The van der Waals surface area contributed by atoms with E-state index in [4.69, 9.17) is 21.1 Å². The Morgan fingerprint density at radius 1 is 1.07 bits per heavy atom. The molecule has 0 spiro atoms. The first kappa shape index (κ1) is 23.5. The molecule has 2 aromatic carbocycles. The molecule has 0 unspecified atom stereocenters. The second-order valence-electron chi connectivity index (χ2n) is 7.26. The van der Waals surface area contributed by atoms with E-state index in [2.05, 4.69) is 5.32 Å². The number of carbonyl (C=O) groups is 2. The summed E-state index contributed by atoms with van der Waals surface area (Å²) in [6.07, 6.45) is 4.90. The van der Waals surface area contributed by atoms with Crippen molar-refractivity contribution in [2.24, 2.45) is 0 Å². The van der Waals surface area contributed by atoms with Crippen molar-refractivity contribution in [3.63, 3.8) is 0 Å². The van der Waals surface area contributed by atoms with Crippen molar-refractivity contribution in [2.75, 3.05) is 13.2 Å². The normalized spacial score (nSPS) is 11.3. The zero-order chi connectivity index (χ0) is 22.0. The maximum absolute atomic E-state index is 11.9. The smallest absolute Gasteiger partial charge is 0.349 e. The van der Waals surface area contributed by atoms with Crippen molar-refractivity contribution in [1.82, 2.24) is 5.32 Å². The predicted molar refractivity (Wildman–Crippen MR) is 120 cm³/mol. The second-order valence-corrected chi connectivity index (χ2v) is 7.69. The van der Waals surface area contributed by atoms with Crippen molar-refractivity contribution >= 4 is 29.6 Å². The van der Waals surface area contributed by atoms with Crippen molar-refractivity contribution < 1.29 is 19.1 Å². The molecule has 0 bridgehead atoms. The Bertz CT molecular complexity index is 858. The van der Waals surface area contributed by atoms with Crippen LogP contribution in [-0.4, -0.2) is 30.6 Å². The predicted octanol–water partition coefficient (Wildman–Crippen LogP) is 4.82. The van der Waals surface area contributed by atoms with Crippen LogP contribution in [0, 0.1) is 0 Å². The third-order valence-electron chi connectivity index (χ3n) is 4.30. The average molecular weight is 430 g/mol. The molecule has 0 fully saturated rings. The highest BCUT2D eigenvalue weighted by Gasteiger charge is 2.31. The zero-order valence-corrected chi connectivity index (χ0v) is 18.4. The van der Waals surface area contributed by atoms with Gasteiger partial charge in [-0.25, -0.2) is 4.79 Å². The summed E-state index contributed by atoms with van der Waals surface area (Å²) in [5.74, 6) is 0.0854. The van der Waals surface area contributed by atoms with Crippen LogP contribution < -0.4 is 10.1 Å². The number of carbonyl (C=O) groups excluding carboxylic acids is 2. The Labute approximate surface area is 183 Å². The van der Waals surface area contributed by atoms with E-state index < -0.39 is 11.6 Å². The van der Waals surface area contributed by atoms with Crippen LogP contribution >= 0.6 is 11.6 Å². The van der Waals surface area contributed by atoms with Gasteiger partial charge in [0.15, 0.2) is 5.60 Å². The maximum atomic E-state index is 11.9. The number of benzene rings is 2. The molecule has 0 radical (unpaired) electrons. The number of ether oxygens (including phenoxy) is 2. The highest BCUT2D eigenvalue weighted by Crippen LogP contribution is 2.20. The van der Waals surface area contributed by atoms with Crippen LogP contribution in [0.25, 0.3) is 6.08 Å². The lowest BCUT2D eigenvalue weighted by atomic mass is 10.1. The van der Waals surface area contributed by atoms with Crippen molar-refractivity contribution in [2.45, 2.75) is 39.2 Å². The molecule has 0 heterocycles. The third kappa shape index (κ3) is 7.91. The minimum Gasteiger partial charge on any atom is -0.476 e. The number of amides is 1. The van der Waals surface area contributed by atoms with E-state index in [0.717, 1.165) is 24.0 Å². The Kier molecular flexibility index (Phi) is 8.93. The highest BCUT2D eigenvalue weighted by atomic mass is 35.5. The summed E-state index contributed by atoms with van der Waals surface area (Å²) < 4.78 is 10.8. The quantitative estimate of drug-likeness (QED) is 0.334. The maximum Gasteiger partial charge on any atom is 0.349 e. The van der Waals surface area contributed by atoms with Gasteiger partial charge in [0.25, 0.3) is 0 Å². The topological polar surface area (TPSA) is 64.6 Å². The minimum atomic E-state index is -1.04.